The van der Waals surface area contributed by atoms with Crippen molar-refractivity contribution in [2.75, 3.05) is 0 Å². The Morgan fingerprint density at radius 3 is 2.20 bits per heavy atom. The van der Waals surface area contributed by atoms with Crippen molar-refractivity contribution in [3.05, 3.63) is 0 Å². The molecular formula is C9H14N2O4. The van der Waals surface area contributed by atoms with Crippen molar-refractivity contribution in [1.29, 1.82) is 0 Å². The molecule has 0 saturated heterocycles. The minimum atomic E-state index is -1.11. The normalized spacial score (nSPS) is 13.9. The van der Waals surface area contributed by atoms with Gasteiger partial charge in [0, 0.05) is 0 Å². The van der Waals surface area contributed by atoms with Crippen LogP contribution in [0, 0.1) is 5.92 Å². The number of carbonyl (C=O) groups is 2. The van der Waals surface area contributed by atoms with Crippen LogP contribution in [0.4, 0.5) is 0 Å². The molecule has 6 heteroatoms. The van der Waals surface area contributed by atoms with Crippen LogP contribution < -0.4 is 5.32 Å². The molecule has 1 amide bonds. The highest BCUT2D eigenvalue weighted by molar-refractivity contribution is 5.87. The number of aliphatic imine (C=N–C) groups is 1. The van der Waals surface area contributed by atoms with Gasteiger partial charge in [0.15, 0.2) is 0 Å². The first-order chi connectivity index (χ1) is 6.90. The quantitative estimate of drug-likeness (QED) is 0.495. The summed E-state index contributed by atoms with van der Waals surface area (Å²) < 4.78 is 0. The maximum atomic E-state index is 11.3. The molecule has 0 heterocycles. The van der Waals surface area contributed by atoms with Gasteiger partial charge in [-0.15, -0.1) is 0 Å². The predicted molar refractivity (Wildman–Crippen MR) is 52.0 cm³/mol. The Morgan fingerprint density at radius 2 is 1.87 bits per heavy atom. The molecule has 0 aromatic rings. The van der Waals surface area contributed by atoms with Crippen LogP contribution >= 0.6 is 0 Å². The molecule has 0 rings (SSSR count). The number of nitrogens with one attached hydrogen (secondary N) is 1. The molecular weight excluding hydrogens is 200 g/mol. The summed E-state index contributed by atoms with van der Waals surface area (Å²) in [5, 5.41) is 11.1. The van der Waals surface area contributed by atoms with Crippen molar-refractivity contribution >= 4 is 18.0 Å². The van der Waals surface area contributed by atoms with E-state index >= 15 is 0 Å². The van der Waals surface area contributed by atoms with E-state index in [1.54, 1.807) is 13.8 Å². The topological polar surface area (TPSA) is 95.8 Å². The van der Waals surface area contributed by atoms with Crippen LogP contribution in [0.2, 0.25) is 0 Å². The van der Waals surface area contributed by atoms with E-state index in [2.05, 4.69) is 10.3 Å². The van der Waals surface area contributed by atoms with Crippen molar-refractivity contribution in [2.24, 2.45) is 10.9 Å². The van der Waals surface area contributed by atoms with Gasteiger partial charge in [0.05, 0.1) is 0 Å². The van der Waals surface area contributed by atoms with E-state index in [0.717, 1.165) is 0 Å². The zero-order chi connectivity index (χ0) is 12.0. The van der Waals surface area contributed by atoms with Crippen LogP contribution in [-0.2, 0) is 14.4 Å². The summed E-state index contributed by atoms with van der Waals surface area (Å²) in [6.07, 6.45) is 1.25. The number of isocyanates is 1. The number of hydrogen-bond acceptors (Lipinski definition) is 4. The third kappa shape index (κ3) is 4.37. The summed E-state index contributed by atoms with van der Waals surface area (Å²) in [5.74, 6) is -1.95. The summed E-state index contributed by atoms with van der Waals surface area (Å²) in [7, 11) is 0. The zero-order valence-electron chi connectivity index (χ0n) is 8.85. The van der Waals surface area contributed by atoms with Gasteiger partial charge in [-0.3, -0.25) is 4.79 Å². The highest BCUT2D eigenvalue weighted by atomic mass is 16.4. The average molecular weight is 214 g/mol. The van der Waals surface area contributed by atoms with Crippen molar-refractivity contribution in [2.45, 2.75) is 32.9 Å². The second-order valence-corrected chi connectivity index (χ2v) is 3.46. The molecule has 0 aliphatic rings. The average Bonchev–Trinajstić information content (AvgIpc) is 2.12. The minimum absolute atomic E-state index is 0.237. The number of carboxylic acid groups (broad SMARTS) is 1. The lowest BCUT2D eigenvalue weighted by molar-refractivity contribution is -0.143. The molecule has 0 aliphatic heterocycles. The fourth-order valence-electron chi connectivity index (χ4n) is 0.925. The zero-order valence-corrected chi connectivity index (χ0v) is 8.85. The smallest absolute Gasteiger partial charge is 0.326 e. The monoisotopic (exact) mass is 214 g/mol. The van der Waals surface area contributed by atoms with Gasteiger partial charge in [0.1, 0.15) is 12.1 Å². The summed E-state index contributed by atoms with van der Waals surface area (Å²) in [5.41, 5.74) is 0. The highest BCUT2D eigenvalue weighted by Crippen LogP contribution is 2.02. The Hall–Kier alpha value is -1.68. The van der Waals surface area contributed by atoms with Crippen molar-refractivity contribution in [3.8, 4) is 0 Å². The number of nitrogens with zero attached hydrogens (tertiary/aromatic N) is 1. The number of hydrogen-bond donors (Lipinski definition) is 2. The maximum Gasteiger partial charge on any atom is 0.326 e. The van der Waals surface area contributed by atoms with Gasteiger partial charge in [0.25, 0.3) is 0 Å². The van der Waals surface area contributed by atoms with E-state index in [-0.39, 0.29) is 5.92 Å². The van der Waals surface area contributed by atoms with E-state index in [4.69, 9.17) is 5.11 Å². The van der Waals surface area contributed by atoms with Gasteiger partial charge < -0.3 is 10.4 Å². The third-order valence-electron chi connectivity index (χ3n) is 1.86. The third-order valence-corrected chi connectivity index (χ3v) is 1.86. The molecule has 0 aliphatic carbocycles. The Balaban J connectivity index is 4.48. The second-order valence-electron chi connectivity index (χ2n) is 3.46. The molecule has 0 spiro atoms. The lowest BCUT2D eigenvalue weighted by atomic mass is 10.0. The van der Waals surface area contributed by atoms with Crippen molar-refractivity contribution in [1.82, 2.24) is 5.32 Å². The van der Waals surface area contributed by atoms with Gasteiger partial charge in [-0.2, -0.15) is 4.99 Å². The fourth-order valence-corrected chi connectivity index (χ4v) is 0.925. The molecule has 0 radical (unpaired) electrons. The molecule has 0 saturated carbocycles. The van der Waals surface area contributed by atoms with Crippen molar-refractivity contribution in [3.63, 3.8) is 0 Å². The fraction of sp³-hybridized carbons (Fsp3) is 0.667. The summed E-state index contributed by atoms with van der Waals surface area (Å²) >= 11 is 0. The first-order valence-electron chi connectivity index (χ1n) is 4.50. The Labute approximate surface area is 87.4 Å². The van der Waals surface area contributed by atoms with Crippen LogP contribution in [0.25, 0.3) is 0 Å². The maximum absolute atomic E-state index is 11.3. The first kappa shape index (κ1) is 13.3. The molecule has 0 bridgehead atoms. The highest BCUT2D eigenvalue weighted by Gasteiger charge is 2.25. The largest absolute Gasteiger partial charge is 0.480 e. The molecule has 2 atom stereocenters. The van der Waals surface area contributed by atoms with Gasteiger partial charge in [-0.05, 0) is 12.8 Å². The Morgan fingerprint density at radius 1 is 1.33 bits per heavy atom. The second kappa shape index (κ2) is 5.93. The van der Waals surface area contributed by atoms with Crippen LogP contribution in [0.5, 0.6) is 0 Å². The van der Waals surface area contributed by atoms with Crippen molar-refractivity contribution < 1.29 is 19.5 Å². The molecule has 6 nitrogen and oxygen atoms in total. The number of aliphatic carboxylic acids is 1. The Kier molecular flexibility index (Phi) is 5.26. The lowest BCUT2D eigenvalue weighted by Gasteiger charge is -2.18. The van der Waals surface area contributed by atoms with Crippen LogP contribution in [-0.4, -0.2) is 35.1 Å². The van der Waals surface area contributed by atoms with Crippen LogP contribution in [0.3, 0.4) is 0 Å². The van der Waals surface area contributed by atoms with Crippen LogP contribution in [0.15, 0.2) is 4.99 Å². The van der Waals surface area contributed by atoms with E-state index in [1.807, 2.05) is 0 Å². The molecule has 2 N–H and O–H groups in total. The molecule has 2 unspecified atom stereocenters. The molecule has 0 fully saturated rings. The van der Waals surface area contributed by atoms with Gasteiger partial charge >= 0.3 is 5.97 Å². The van der Waals surface area contributed by atoms with Gasteiger partial charge in [-0.25, -0.2) is 9.59 Å². The number of amides is 1. The van der Waals surface area contributed by atoms with E-state index in [9.17, 15) is 14.4 Å². The minimum Gasteiger partial charge on any atom is -0.480 e. The molecule has 84 valence electrons. The number of carbonyl (C=O) groups excluding carboxylic acids is 2. The molecule has 15 heavy (non-hydrogen) atoms. The summed E-state index contributed by atoms with van der Waals surface area (Å²) in [6.45, 7) is 4.74. The standard InChI is InChI=1S/C9H14N2O4/c1-5(2)7(9(14)15)11-8(13)6(3)10-4-12/h5-7H,1-3H3,(H,11,13)(H,14,15). The van der Waals surface area contributed by atoms with E-state index in [1.165, 1.54) is 13.0 Å². The first-order valence-corrected chi connectivity index (χ1v) is 4.50. The number of carboxylic acids is 1. The van der Waals surface area contributed by atoms with Gasteiger partial charge in [-0.1, -0.05) is 13.8 Å². The molecule has 0 aromatic carbocycles. The lowest BCUT2D eigenvalue weighted by Crippen LogP contribution is -2.47. The van der Waals surface area contributed by atoms with E-state index in [0.29, 0.717) is 0 Å². The predicted octanol–water partition coefficient (Wildman–Crippen LogP) is -0.0639. The molecule has 0 aromatic heterocycles. The summed E-state index contributed by atoms with van der Waals surface area (Å²) in [4.78, 5) is 35.1. The van der Waals surface area contributed by atoms with Crippen LogP contribution in [0.1, 0.15) is 20.8 Å². The number of rotatable bonds is 5. The Bertz CT molecular complexity index is 294. The summed E-state index contributed by atoms with van der Waals surface area (Å²) in [6, 6.07) is -1.88. The van der Waals surface area contributed by atoms with Gasteiger partial charge in [0.2, 0.25) is 12.0 Å². The SMILES string of the molecule is CC(N=C=O)C(=O)NC(C(=O)O)C(C)C. The van der Waals surface area contributed by atoms with E-state index < -0.39 is 24.0 Å².